The van der Waals surface area contributed by atoms with Gasteiger partial charge in [0, 0.05) is 25.2 Å². The largest absolute Gasteiger partial charge is 0.375 e. The van der Waals surface area contributed by atoms with Crippen molar-refractivity contribution in [3.05, 3.63) is 35.9 Å². The highest BCUT2D eigenvalue weighted by atomic mass is 16.5. The predicted octanol–water partition coefficient (Wildman–Crippen LogP) is 2.20. The van der Waals surface area contributed by atoms with Crippen molar-refractivity contribution >= 4 is 0 Å². The fourth-order valence-corrected chi connectivity index (χ4v) is 3.81. The molecule has 0 aromatic heterocycles. The summed E-state index contributed by atoms with van der Waals surface area (Å²) in [7, 11) is 0. The molecule has 3 atom stereocenters. The van der Waals surface area contributed by atoms with Crippen molar-refractivity contribution in [2.24, 2.45) is 5.73 Å². The highest BCUT2D eigenvalue weighted by molar-refractivity contribution is 5.15. The molecule has 0 radical (unpaired) electrons. The minimum Gasteiger partial charge on any atom is -0.375 e. The Labute approximate surface area is 122 Å². The van der Waals surface area contributed by atoms with E-state index in [0.29, 0.717) is 18.2 Å². The van der Waals surface area contributed by atoms with Crippen LogP contribution >= 0.6 is 0 Å². The van der Waals surface area contributed by atoms with Gasteiger partial charge in [0.1, 0.15) is 0 Å². The lowest BCUT2D eigenvalue weighted by Gasteiger charge is -2.42. The van der Waals surface area contributed by atoms with Gasteiger partial charge in [0.05, 0.1) is 12.7 Å². The lowest BCUT2D eigenvalue weighted by molar-refractivity contribution is -0.0713. The van der Waals surface area contributed by atoms with Crippen molar-refractivity contribution < 1.29 is 4.74 Å². The molecular formula is C17H26N2O. The Morgan fingerprint density at radius 2 is 2.10 bits per heavy atom. The first-order chi connectivity index (χ1) is 9.88. The minimum atomic E-state index is 0.467. The number of hydrogen-bond donors (Lipinski definition) is 1. The normalized spacial score (nSPS) is 28.2. The van der Waals surface area contributed by atoms with Gasteiger partial charge < -0.3 is 10.5 Å². The second-order valence-electron chi connectivity index (χ2n) is 6.06. The molecule has 1 aliphatic carbocycles. The maximum absolute atomic E-state index is 6.07. The third-order valence-corrected chi connectivity index (χ3v) is 4.88. The standard InChI is InChI=1S/C17H26N2O/c18-13-15(10-9-14-5-2-1-3-6-14)19-11-12-20-17-8-4-7-16(17)19/h1-3,5-6,15-17H,4,7-13,18H2. The molecule has 0 bridgehead atoms. The number of hydrogen-bond acceptors (Lipinski definition) is 3. The van der Waals surface area contributed by atoms with Crippen molar-refractivity contribution in [2.45, 2.75) is 50.3 Å². The highest BCUT2D eigenvalue weighted by Gasteiger charge is 2.38. The Balaban J connectivity index is 1.60. The summed E-state index contributed by atoms with van der Waals surface area (Å²) >= 11 is 0. The van der Waals surface area contributed by atoms with Gasteiger partial charge in [0.2, 0.25) is 0 Å². The molecular weight excluding hydrogens is 248 g/mol. The molecule has 1 aliphatic heterocycles. The van der Waals surface area contributed by atoms with Gasteiger partial charge in [0.25, 0.3) is 0 Å². The first-order valence-corrected chi connectivity index (χ1v) is 8.00. The van der Waals surface area contributed by atoms with Crippen LogP contribution in [-0.2, 0) is 11.2 Å². The molecule has 0 amide bonds. The monoisotopic (exact) mass is 274 g/mol. The predicted molar refractivity (Wildman–Crippen MR) is 81.7 cm³/mol. The third kappa shape index (κ3) is 3.05. The first kappa shape index (κ1) is 14.1. The van der Waals surface area contributed by atoms with E-state index in [1.807, 2.05) is 0 Å². The number of benzene rings is 1. The van der Waals surface area contributed by atoms with E-state index >= 15 is 0 Å². The Bertz CT molecular complexity index is 409. The molecule has 0 spiro atoms. The summed E-state index contributed by atoms with van der Waals surface area (Å²) < 4.78 is 5.91. The Morgan fingerprint density at radius 3 is 2.90 bits per heavy atom. The van der Waals surface area contributed by atoms with Crippen LogP contribution in [0.3, 0.4) is 0 Å². The van der Waals surface area contributed by atoms with E-state index in [-0.39, 0.29) is 0 Å². The molecule has 3 heteroatoms. The number of ether oxygens (including phenoxy) is 1. The van der Waals surface area contributed by atoms with Gasteiger partial charge in [-0.3, -0.25) is 4.90 Å². The molecule has 110 valence electrons. The van der Waals surface area contributed by atoms with Gasteiger partial charge in [0.15, 0.2) is 0 Å². The molecule has 3 unspecified atom stereocenters. The van der Waals surface area contributed by atoms with Crippen LogP contribution in [0.2, 0.25) is 0 Å². The molecule has 1 aromatic rings. The minimum absolute atomic E-state index is 0.467. The van der Waals surface area contributed by atoms with Gasteiger partial charge in [-0.1, -0.05) is 30.3 Å². The van der Waals surface area contributed by atoms with Crippen LogP contribution in [0, 0.1) is 0 Å². The van der Waals surface area contributed by atoms with E-state index in [0.717, 1.165) is 32.5 Å². The quantitative estimate of drug-likeness (QED) is 0.894. The van der Waals surface area contributed by atoms with E-state index in [1.165, 1.54) is 24.8 Å². The molecule has 20 heavy (non-hydrogen) atoms. The summed E-state index contributed by atoms with van der Waals surface area (Å²) in [5.74, 6) is 0. The van der Waals surface area contributed by atoms with Crippen LogP contribution in [0.4, 0.5) is 0 Å². The van der Waals surface area contributed by atoms with Crippen LogP contribution in [-0.4, -0.2) is 42.8 Å². The molecule has 1 saturated carbocycles. The second kappa shape index (κ2) is 6.70. The van der Waals surface area contributed by atoms with E-state index in [2.05, 4.69) is 35.2 Å². The van der Waals surface area contributed by atoms with E-state index in [4.69, 9.17) is 10.5 Å². The smallest absolute Gasteiger partial charge is 0.0731 e. The molecule has 1 saturated heterocycles. The van der Waals surface area contributed by atoms with Crippen LogP contribution in [0.5, 0.6) is 0 Å². The zero-order chi connectivity index (χ0) is 13.8. The number of nitrogens with zero attached hydrogens (tertiary/aromatic N) is 1. The van der Waals surface area contributed by atoms with Crippen molar-refractivity contribution in [2.75, 3.05) is 19.7 Å². The van der Waals surface area contributed by atoms with E-state index in [1.54, 1.807) is 0 Å². The van der Waals surface area contributed by atoms with Crippen LogP contribution < -0.4 is 5.73 Å². The van der Waals surface area contributed by atoms with Crippen molar-refractivity contribution in [1.29, 1.82) is 0 Å². The fraction of sp³-hybridized carbons (Fsp3) is 0.647. The third-order valence-electron chi connectivity index (χ3n) is 4.88. The lowest BCUT2D eigenvalue weighted by Crippen LogP contribution is -2.55. The molecule has 2 fully saturated rings. The summed E-state index contributed by atoms with van der Waals surface area (Å²) in [6, 6.07) is 11.9. The first-order valence-electron chi connectivity index (χ1n) is 8.00. The number of fused-ring (bicyclic) bond motifs is 1. The highest BCUT2D eigenvalue weighted by Crippen LogP contribution is 2.31. The summed E-state index contributed by atoms with van der Waals surface area (Å²) in [6.45, 7) is 2.69. The summed E-state index contributed by atoms with van der Waals surface area (Å²) in [6.07, 6.45) is 6.57. The number of aryl methyl sites for hydroxylation is 1. The molecule has 3 nitrogen and oxygen atoms in total. The maximum Gasteiger partial charge on any atom is 0.0731 e. The van der Waals surface area contributed by atoms with Gasteiger partial charge in [-0.2, -0.15) is 0 Å². The molecule has 1 heterocycles. The zero-order valence-electron chi connectivity index (χ0n) is 12.2. The van der Waals surface area contributed by atoms with Gasteiger partial charge >= 0.3 is 0 Å². The molecule has 1 aromatic carbocycles. The van der Waals surface area contributed by atoms with Crippen molar-refractivity contribution in [3.63, 3.8) is 0 Å². The fourth-order valence-electron chi connectivity index (χ4n) is 3.81. The Hall–Kier alpha value is -0.900. The van der Waals surface area contributed by atoms with E-state index in [9.17, 15) is 0 Å². The van der Waals surface area contributed by atoms with Crippen LogP contribution in [0.15, 0.2) is 30.3 Å². The van der Waals surface area contributed by atoms with E-state index < -0.39 is 0 Å². The number of morpholine rings is 1. The SMILES string of the molecule is NCC(CCc1ccccc1)N1CCOC2CCCC21. The number of nitrogens with two attached hydrogens (primary N) is 1. The second-order valence-corrected chi connectivity index (χ2v) is 6.06. The maximum atomic E-state index is 6.07. The van der Waals surface area contributed by atoms with Crippen molar-refractivity contribution in [1.82, 2.24) is 4.90 Å². The van der Waals surface area contributed by atoms with Crippen molar-refractivity contribution in [3.8, 4) is 0 Å². The molecule has 2 N–H and O–H groups in total. The van der Waals surface area contributed by atoms with Crippen LogP contribution in [0.1, 0.15) is 31.2 Å². The average Bonchev–Trinajstić information content (AvgIpc) is 2.98. The lowest BCUT2D eigenvalue weighted by atomic mass is 10.0. The number of rotatable bonds is 5. The van der Waals surface area contributed by atoms with Gasteiger partial charge in [-0.15, -0.1) is 0 Å². The Kier molecular flexibility index (Phi) is 4.71. The Morgan fingerprint density at radius 1 is 1.25 bits per heavy atom. The topological polar surface area (TPSA) is 38.5 Å². The molecule has 3 rings (SSSR count). The van der Waals surface area contributed by atoms with Gasteiger partial charge in [-0.05, 0) is 37.7 Å². The summed E-state index contributed by atoms with van der Waals surface area (Å²) in [5, 5.41) is 0. The van der Waals surface area contributed by atoms with Crippen LogP contribution in [0.25, 0.3) is 0 Å². The zero-order valence-corrected chi connectivity index (χ0v) is 12.2. The summed E-state index contributed by atoms with van der Waals surface area (Å²) in [4.78, 5) is 2.64. The summed E-state index contributed by atoms with van der Waals surface area (Å²) in [5.41, 5.74) is 7.49. The average molecular weight is 274 g/mol. The van der Waals surface area contributed by atoms with Gasteiger partial charge in [-0.25, -0.2) is 0 Å². The molecule has 2 aliphatic rings.